The van der Waals surface area contributed by atoms with E-state index in [9.17, 15) is 9.18 Å². The molecule has 0 radical (unpaired) electrons. The SMILES string of the molecule is COc1c(F)cc(C)cc1C1(N=C=O)CCCC1. The number of methoxy groups -OCH3 is 1. The van der Waals surface area contributed by atoms with Gasteiger partial charge in [-0.15, -0.1) is 0 Å². The Balaban J connectivity index is 2.64. The summed E-state index contributed by atoms with van der Waals surface area (Å²) < 4.78 is 19.1. The monoisotopic (exact) mass is 249 g/mol. The van der Waals surface area contributed by atoms with Gasteiger partial charge in [0.15, 0.2) is 11.6 Å². The van der Waals surface area contributed by atoms with Crippen molar-refractivity contribution in [2.24, 2.45) is 4.99 Å². The zero-order valence-electron chi connectivity index (χ0n) is 10.6. The average molecular weight is 249 g/mol. The molecule has 4 heteroatoms. The highest BCUT2D eigenvalue weighted by molar-refractivity contribution is 5.47. The Kier molecular flexibility index (Phi) is 3.48. The van der Waals surface area contributed by atoms with Gasteiger partial charge >= 0.3 is 0 Å². The molecule has 3 nitrogen and oxygen atoms in total. The van der Waals surface area contributed by atoms with Crippen molar-refractivity contribution in [1.82, 2.24) is 0 Å². The molecule has 2 rings (SSSR count). The molecule has 0 spiro atoms. The van der Waals surface area contributed by atoms with Gasteiger partial charge in [0.1, 0.15) is 5.54 Å². The third-order valence-corrected chi connectivity index (χ3v) is 3.58. The maximum absolute atomic E-state index is 13.9. The summed E-state index contributed by atoms with van der Waals surface area (Å²) in [7, 11) is 1.44. The molecule has 1 aliphatic rings. The fraction of sp³-hybridized carbons (Fsp3) is 0.500. The van der Waals surface area contributed by atoms with Crippen molar-refractivity contribution in [1.29, 1.82) is 0 Å². The highest BCUT2D eigenvalue weighted by Gasteiger charge is 2.39. The Hall–Kier alpha value is -1.67. The van der Waals surface area contributed by atoms with E-state index in [0.29, 0.717) is 5.56 Å². The topological polar surface area (TPSA) is 38.7 Å². The normalized spacial score (nSPS) is 17.3. The molecule has 1 saturated carbocycles. The lowest BCUT2D eigenvalue weighted by Crippen LogP contribution is -2.20. The van der Waals surface area contributed by atoms with Crippen LogP contribution in [0.2, 0.25) is 0 Å². The van der Waals surface area contributed by atoms with Crippen LogP contribution in [0, 0.1) is 12.7 Å². The van der Waals surface area contributed by atoms with Crippen LogP contribution in [0.3, 0.4) is 0 Å². The van der Waals surface area contributed by atoms with Crippen LogP contribution >= 0.6 is 0 Å². The zero-order valence-corrected chi connectivity index (χ0v) is 10.6. The largest absolute Gasteiger partial charge is 0.493 e. The second-order valence-corrected chi connectivity index (χ2v) is 4.77. The Morgan fingerprint density at radius 3 is 2.61 bits per heavy atom. The summed E-state index contributed by atoms with van der Waals surface area (Å²) in [6.45, 7) is 1.82. The van der Waals surface area contributed by atoms with Gasteiger partial charge in [0.2, 0.25) is 6.08 Å². The van der Waals surface area contributed by atoms with E-state index < -0.39 is 11.4 Å². The summed E-state index contributed by atoms with van der Waals surface area (Å²) in [5, 5.41) is 0. The molecule has 18 heavy (non-hydrogen) atoms. The van der Waals surface area contributed by atoms with Gasteiger partial charge in [0.25, 0.3) is 0 Å². The molecule has 0 heterocycles. The maximum Gasteiger partial charge on any atom is 0.235 e. The molecule has 1 fully saturated rings. The van der Waals surface area contributed by atoms with Crippen LogP contribution in [0.15, 0.2) is 17.1 Å². The Labute approximate surface area is 106 Å². The predicted octanol–water partition coefficient (Wildman–Crippen LogP) is 3.25. The van der Waals surface area contributed by atoms with Gasteiger partial charge in [-0.25, -0.2) is 9.18 Å². The van der Waals surface area contributed by atoms with Crippen molar-refractivity contribution >= 4 is 6.08 Å². The fourth-order valence-corrected chi connectivity index (χ4v) is 2.77. The molecule has 1 aromatic rings. The third-order valence-electron chi connectivity index (χ3n) is 3.58. The number of aliphatic imine (C=N–C) groups is 1. The lowest BCUT2D eigenvalue weighted by molar-refractivity contribution is 0.357. The van der Waals surface area contributed by atoms with Crippen LogP contribution in [-0.2, 0) is 10.3 Å². The predicted molar refractivity (Wildman–Crippen MR) is 66.0 cm³/mol. The summed E-state index contributed by atoms with van der Waals surface area (Å²) in [5.41, 5.74) is 0.818. The number of rotatable bonds is 3. The number of isocyanates is 1. The minimum Gasteiger partial charge on any atom is -0.493 e. The van der Waals surface area contributed by atoms with E-state index in [4.69, 9.17) is 4.74 Å². The van der Waals surface area contributed by atoms with Crippen molar-refractivity contribution in [3.05, 3.63) is 29.1 Å². The number of nitrogens with zero attached hydrogens (tertiary/aromatic N) is 1. The molecular formula is C14H16FNO2. The van der Waals surface area contributed by atoms with E-state index in [2.05, 4.69) is 4.99 Å². The van der Waals surface area contributed by atoms with Gasteiger partial charge in [0, 0.05) is 5.56 Å². The Bertz CT molecular complexity index is 501. The molecule has 0 N–H and O–H groups in total. The van der Waals surface area contributed by atoms with E-state index in [-0.39, 0.29) is 5.75 Å². The molecule has 0 aromatic heterocycles. The molecule has 1 aliphatic carbocycles. The van der Waals surface area contributed by atoms with Crippen LogP contribution in [0.25, 0.3) is 0 Å². The first-order chi connectivity index (χ1) is 8.63. The first-order valence-electron chi connectivity index (χ1n) is 6.06. The van der Waals surface area contributed by atoms with Crippen molar-refractivity contribution in [2.75, 3.05) is 7.11 Å². The smallest absolute Gasteiger partial charge is 0.235 e. The van der Waals surface area contributed by atoms with Crippen molar-refractivity contribution in [3.8, 4) is 5.75 Å². The number of hydrogen-bond donors (Lipinski definition) is 0. The van der Waals surface area contributed by atoms with Crippen molar-refractivity contribution < 1.29 is 13.9 Å². The van der Waals surface area contributed by atoms with Crippen molar-refractivity contribution in [2.45, 2.75) is 38.1 Å². The van der Waals surface area contributed by atoms with Crippen molar-refractivity contribution in [3.63, 3.8) is 0 Å². The fourth-order valence-electron chi connectivity index (χ4n) is 2.77. The lowest BCUT2D eigenvalue weighted by atomic mass is 9.87. The number of halogens is 1. The standard InChI is InChI=1S/C14H16FNO2/c1-10-7-11(13(18-2)12(15)8-10)14(16-9-17)5-3-4-6-14/h7-8H,3-6H2,1-2H3. The number of benzene rings is 1. The maximum atomic E-state index is 13.9. The van der Waals surface area contributed by atoms with Crippen LogP contribution in [-0.4, -0.2) is 13.2 Å². The molecule has 0 atom stereocenters. The number of aryl methyl sites for hydroxylation is 1. The highest BCUT2D eigenvalue weighted by Crippen LogP contribution is 2.46. The Morgan fingerprint density at radius 2 is 2.06 bits per heavy atom. The zero-order chi connectivity index (χ0) is 13.2. The minimum absolute atomic E-state index is 0.196. The van der Waals surface area contributed by atoms with E-state index in [1.54, 1.807) is 6.08 Å². The van der Waals surface area contributed by atoms with E-state index in [1.165, 1.54) is 13.2 Å². The van der Waals surface area contributed by atoms with E-state index in [1.807, 2.05) is 13.0 Å². The number of carbonyl (C=O) groups excluding carboxylic acids is 1. The number of hydrogen-bond acceptors (Lipinski definition) is 3. The van der Waals surface area contributed by atoms with Gasteiger partial charge in [0.05, 0.1) is 7.11 Å². The van der Waals surface area contributed by atoms with Crippen LogP contribution in [0.1, 0.15) is 36.8 Å². The summed E-state index contributed by atoms with van der Waals surface area (Å²) >= 11 is 0. The molecule has 0 bridgehead atoms. The molecule has 96 valence electrons. The average Bonchev–Trinajstić information content (AvgIpc) is 2.78. The highest BCUT2D eigenvalue weighted by atomic mass is 19.1. The summed E-state index contributed by atoms with van der Waals surface area (Å²) in [5.74, 6) is -0.207. The molecule has 0 aliphatic heterocycles. The summed E-state index contributed by atoms with van der Waals surface area (Å²) in [6, 6.07) is 3.28. The first kappa shape index (κ1) is 12.8. The van der Waals surface area contributed by atoms with Gasteiger partial charge in [-0.2, -0.15) is 4.99 Å². The van der Waals surface area contributed by atoms with Crippen LogP contribution in [0.5, 0.6) is 5.75 Å². The molecule has 0 amide bonds. The van der Waals surface area contributed by atoms with Gasteiger partial charge in [-0.05, 0) is 37.5 Å². The molecule has 1 aromatic carbocycles. The molecular weight excluding hydrogens is 233 g/mol. The second-order valence-electron chi connectivity index (χ2n) is 4.77. The van der Waals surface area contributed by atoms with Gasteiger partial charge in [-0.1, -0.05) is 12.8 Å². The molecule has 0 unspecified atom stereocenters. The second kappa shape index (κ2) is 4.91. The first-order valence-corrected chi connectivity index (χ1v) is 6.06. The van der Waals surface area contributed by atoms with E-state index in [0.717, 1.165) is 31.2 Å². The van der Waals surface area contributed by atoms with Crippen LogP contribution in [0.4, 0.5) is 4.39 Å². The quantitative estimate of drug-likeness (QED) is 0.609. The van der Waals surface area contributed by atoms with Gasteiger partial charge in [-0.3, -0.25) is 0 Å². The minimum atomic E-state index is -0.653. The summed E-state index contributed by atoms with van der Waals surface area (Å²) in [4.78, 5) is 14.6. The Morgan fingerprint density at radius 1 is 1.39 bits per heavy atom. The lowest BCUT2D eigenvalue weighted by Gasteiger charge is -2.25. The summed E-state index contributed by atoms with van der Waals surface area (Å²) in [6.07, 6.45) is 5.06. The van der Waals surface area contributed by atoms with Crippen LogP contribution < -0.4 is 4.74 Å². The van der Waals surface area contributed by atoms with Gasteiger partial charge < -0.3 is 4.74 Å². The van der Waals surface area contributed by atoms with E-state index >= 15 is 0 Å². The molecule has 0 saturated heterocycles. The number of ether oxygens (including phenoxy) is 1. The third kappa shape index (κ3) is 2.04.